The van der Waals surface area contributed by atoms with E-state index in [9.17, 15) is 9.50 Å². The van der Waals surface area contributed by atoms with Crippen molar-refractivity contribution in [3.8, 4) is 5.75 Å². The van der Waals surface area contributed by atoms with E-state index >= 15 is 0 Å². The van der Waals surface area contributed by atoms with Crippen LogP contribution in [0.4, 0.5) is 4.39 Å². The van der Waals surface area contributed by atoms with Gasteiger partial charge >= 0.3 is 0 Å². The summed E-state index contributed by atoms with van der Waals surface area (Å²) in [6.45, 7) is 1.98. The van der Waals surface area contributed by atoms with E-state index in [2.05, 4.69) is 0 Å². The van der Waals surface area contributed by atoms with Gasteiger partial charge in [-0.1, -0.05) is 25.3 Å². The summed E-state index contributed by atoms with van der Waals surface area (Å²) in [6, 6.07) is 4.81. The third kappa shape index (κ3) is 3.45. The molecule has 1 N–H and O–H groups in total. The summed E-state index contributed by atoms with van der Waals surface area (Å²) in [7, 11) is 0. The summed E-state index contributed by atoms with van der Waals surface area (Å²) in [5, 5.41) is 10.0. The lowest BCUT2D eigenvalue weighted by molar-refractivity contribution is 0.0412. The maximum atomic E-state index is 13.3. The molecule has 0 aromatic heterocycles. The summed E-state index contributed by atoms with van der Waals surface area (Å²) < 4.78 is 18.8. The average molecular weight is 252 g/mol. The number of rotatable bonds is 4. The Kier molecular flexibility index (Phi) is 4.59. The Morgan fingerprint density at radius 3 is 2.72 bits per heavy atom. The molecule has 2 rings (SSSR count). The smallest absolute Gasteiger partial charge is 0.129 e. The predicted molar refractivity (Wildman–Crippen MR) is 69.2 cm³/mol. The highest BCUT2D eigenvalue weighted by atomic mass is 19.1. The van der Waals surface area contributed by atoms with Gasteiger partial charge in [-0.25, -0.2) is 4.39 Å². The van der Waals surface area contributed by atoms with Crippen LogP contribution >= 0.6 is 0 Å². The number of hydrogen-bond donors (Lipinski definition) is 1. The van der Waals surface area contributed by atoms with E-state index < -0.39 is 6.10 Å². The zero-order chi connectivity index (χ0) is 13.0. The van der Waals surface area contributed by atoms with Crippen molar-refractivity contribution in [1.82, 2.24) is 0 Å². The van der Waals surface area contributed by atoms with Gasteiger partial charge in [-0.2, -0.15) is 0 Å². The molecule has 1 aromatic rings. The molecule has 0 aliphatic heterocycles. The molecular formula is C15H21FO2. The summed E-state index contributed by atoms with van der Waals surface area (Å²) in [5.74, 6) is 0.571. The van der Waals surface area contributed by atoms with Gasteiger partial charge in [-0.3, -0.25) is 0 Å². The van der Waals surface area contributed by atoms with E-state index in [1.54, 1.807) is 19.1 Å². The predicted octanol–water partition coefficient (Wildman–Crippen LogP) is 3.45. The normalized spacial score (nSPS) is 18.6. The van der Waals surface area contributed by atoms with Crippen LogP contribution in [-0.2, 0) is 0 Å². The minimum atomic E-state index is -0.435. The van der Waals surface area contributed by atoms with Gasteiger partial charge in [-0.15, -0.1) is 0 Å². The molecule has 1 aliphatic rings. The van der Waals surface area contributed by atoms with Crippen LogP contribution in [-0.4, -0.2) is 17.8 Å². The molecule has 1 saturated carbocycles. The Labute approximate surface area is 108 Å². The minimum absolute atomic E-state index is 0.257. The quantitative estimate of drug-likeness (QED) is 0.889. The molecule has 1 aromatic carbocycles. The van der Waals surface area contributed by atoms with Crippen molar-refractivity contribution in [2.24, 2.45) is 5.92 Å². The Morgan fingerprint density at radius 1 is 1.33 bits per heavy atom. The van der Waals surface area contributed by atoms with Gasteiger partial charge in [0, 0.05) is 6.07 Å². The zero-order valence-corrected chi connectivity index (χ0v) is 10.9. The van der Waals surface area contributed by atoms with Crippen LogP contribution in [0.2, 0.25) is 0 Å². The van der Waals surface area contributed by atoms with Crippen molar-refractivity contribution in [2.75, 3.05) is 6.61 Å². The fraction of sp³-hybridized carbons (Fsp3) is 0.600. The van der Waals surface area contributed by atoms with E-state index in [1.807, 2.05) is 0 Å². The minimum Gasteiger partial charge on any atom is -0.491 e. The highest BCUT2D eigenvalue weighted by Crippen LogP contribution is 2.27. The fourth-order valence-corrected chi connectivity index (χ4v) is 2.50. The van der Waals surface area contributed by atoms with Crippen molar-refractivity contribution in [1.29, 1.82) is 0 Å². The Hall–Kier alpha value is -1.09. The molecule has 0 spiro atoms. The van der Waals surface area contributed by atoms with Crippen molar-refractivity contribution in [2.45, 2.75) is 45.1 Å². The molecule has 1 fully saturated rings. The highest BCUT2D eigenvalue weighted by molar-refractivity contribution is 5.27. The van der Waals surface area contributed by atoms with E-state index in [4.69, 9.17) is 4.74 Å². The second-order valence-electron chi connectivity index (χ2n) is 5.19. The van der Waals surface area contributed by atoms with Crippen LogP contribution < -0.4 is 4.74 Å². The topological polar surface area (TPSA) is 29.5 Å². The summed E-state index contributed by atoms with van der Waals surface area (Å²) in [6.07, 6.45) is 5.38. The maximum Gasteiger partial charge on any atom is 0.129 e. The Morgan fingerprint density at radius 2 is 2.06 bits per heavy atom. The monoisotopic (exact) mass is 252 g/mol. The average Bonchev–Trinajstić information content (AvgIpc) is 2.41. The van der Waals surface area contributed by atoms with Crippen LogP contribution in [0.15, 0.2) is 18.2 Å². The molecule has 0 heterocycles. The first kappa shape index (κ1) is 13.3. The molecule has 0 amide bonds. The van der Waals surface area contributed by atoms with E-state index in [0.717, 1.165) is 12.8 Å². The van der Waals surface area contributed by atoms with Gasteiger partial charge in [0.15, 0.2) is 0 Å². The first-order chi connectivity index (χ1) is 8.66. The van der Waals surface area contributed by atoms with E-state index in [0.29, 0.717) is 17.2 Å². The van der Waals surface area contributed by atoms with Gasteiger partial charge < -0.3 is 9.84 Å². The standard InChI is InChI=1S/C15H21FO2/c1-11-7-8-13(9-14(11)16)18-10-15(17)12-5-3-2-4-6-12/h7-9,12,15,17H,2-6,10H2,1H3. The lowest BCUT2D eigenvalue weighted by Crippen LogP contribution is -2.28. The van der Waals surface area contributed by atoms with E-state index in [-0.39, 0.29) is 12.4 Å². The third-order valence-corrected chi connectivity index (χ3v) is 3.76. The molecule has 0 saturated heterocycles. The molecule has 1 aliphatic carbocycles. The number of ether oxygens (including phenoxy) is 1. The Balaban J connectivity index is 1.84. The van der Waals surface area contributed by atoms with Gasteiger partial charge in [-0.05, 0) is 37.3 Å². The zero-order valence-electron chi connectivity index (χ0n) is 10.9. The number of hydrogen-bond acceptors (Lipinski definition) is 2. The van der Waals surface area contributed by atoms with Crippen molar-refractivity contribution in [3.63, 3.8) is 0 Å². The molecule has 1 unspecified atom stereocenters. The van der Waals surface area contributed by atoms with Crippen LogP contribution in [0.1, 0.15) is 37.7 Å². The van der Waals surface area contributed by atoms with Crippen molar-refractivity contribution in [3.05, 3.63) is 29.6 Å². The maximum absolute atomic E-state index is 13.3. The Bertz CT molecular complexity index is 386. The number of aliphatic hydroxyl groups excluding tert-OH is 1. The highest BCUT2D eigenvalue weighted by Gasteiger charge is 2.22. The van der Waals surface area contributed by atoms with Crippen LogP contribution in [0.5, 0.6) is 5.75 Å². The van der Waals surface area contributed by atoms with Crippen molar-refractivity contribution >= 4 is 0 Å². The van der Waals surface area contributed by atoms with Gasteiger partial charge in [0.25, 0.3) is 0 Å². The summed E-state index contributed by atoms with van der Waals surface area (Å²) in [4.78, 5) is 0. The molecule has 1 atom stereocenters. The van der Waals surface area contributed by atoms with E-state index in [1.165, 1.54) is 25.3 Å². The van der Waals surface area contributed by atoms with Crippen LogP contribution in [0, 0.1) is 18.7 Å². The lowest BCUT2D eigenvalue weighted by Gasteiger charge is -2.26. The first-order valence-electron chi connectivity index (χ1n) is 6.74. The molecule has 2 nitrogen and oxygen atoms in total. The molecule has 0 radical (unpaired) electrons. The second kappa shape index (κ2) is 6.19. The molecule has 100 valence electrons. The lowest BCUT2D eigenvalue weighted by atomic mass is 9.85. The number of aryl methyl sites for hydroxylation is 1. The fourth-order valence-electron chi connectivity index (χ4n) is 2.50. The van der Waals surface area contributed by atoms with Gasteiger partial charge in [0.05, 0.1) is 6.10 Å². The molecule has 3 heteroatoms. The van der Waals surface area contributed by atoms with Crippen molar-refractivity contribution < 1.29 is 14.2 Å². The molecular weight excluding hydrogens is 231 g/mol. The SMILES string of the molecule is Cc1ccc(OCC(O)C2CCCCC2)cc1F. The first-order valence-corrected chi connectivity index (χ1v) is 6.74. The summed E-state index contributed by atoms with van der Waals surface area (Å²) in [5.41, 5.74) is 0.607. The largest absolute Gasteiger partial charge is 0.491 e. The number of halogens is 1. The van der Waals surface area contributed by atoms with Crippen LogP contribution in [0.3, 0.4) is 0 Å². The molecule has 18 heavy (non-hydrogen) atoms. The second-order valence-corrected chi connectivity index (χ2v) is 5.19. The summed E-state index contributed by atoms with van der Waals surface area (Å²) >= 11 is 0. The third-order valence-electron chi connectivity index (χ3n) is 3.76. The van der Waals surface area contributed by atoms with Gasteiger partial charge in [0.2, 0.25) is 0 Å². The van der Waals surface area contributed by atoms with Crippen LogP contribution in [0.25, 0.3) is 0 Å². The molecule has 0 bridgehead atoms. The number of benzene rings is 1. The number of aliphatic hydroxyl groups is 1. The van der Waals surface area contributed by atoms with Gasteiger partial charge in [0.1, 0.15) is 18.2 Å².